The van der Waals surface area contributed by atoms with Crippen molar-refractivity contribution in [3.8, 4) is 23.0 Å². The molecular formula is C29H35NO8. The topological polar surface area (TPSA) is 104 Å². The molecule has 0 aliphatic carbocycles. The Morgan fingerprint density at radius 3 is 2.50 bits per heavy atom. The summed E-state index contributed by atoms with van der Waals surface area (Å²) in [6, 6.07) is 9.42. The summed E-state index contributed by atoms with van der Waals surface area (Å²) in [5.74, 6) is 0.829. The average Bonchev–Trinajstić information content (AvgIpc) is 3.16. The van der Waals surface area contributed by atoms with Crippen molar-refractivity contribution in [2.24, 2.45) is 5.92 Å². The number of ether oxygens (including phenoxy) is 5. The van der Waals surface area contributed by atoms with Crippen LogP contribution in [0.1, 0.15) is 44.4 Å². The van der Waals surface area contributed by atoms with E-state index in [1.165, 1.54) is 12.0 Å². The van der Waals surface area contributed by atoms with Crippen molar-refractivity contribution in [3.05, 3.63) is 53.1 Å². The molecule has 9 heteroatoms. The summed E-state index contributed by atoms with van der Waals surface area (Å²) in [6.07, 6.45) is 0.889. The van der Waals surface area contributed by atoms with Crippen LogP contribution in [0.15, 0.2) is 42.0 Å². The molecule has 0 radical (unpaired) electrons. The molecule has 38 heavy (non-hydrogen) atoms. The Hall–Kier alpha value is -3.72. The van der Waals surface area contributed by atoms with E-state index >= 15 is 0 Å². The first kappa shape index (κ1) is 27.3. The number of likely N-dealkylation sites (tertiary alicyclic amines) is 1. The van der Waals surface area contributed by atoms with Crippen LogP contribution in [0.25, 0.3) is 5.76 Å². The SMILES string of the molecule is CCOc1cc([C@@H]2C(=C(O)c3ccc4c(c3)OCCO4)C(=O)C(=O)N2CCOC)ccc1OCCC(C)C. The molecule has 0 aromatic heterocycles. The molecule has 204 valence electrons. The van der Waals surface area contributed by atoms with Crippen LogP contribution in [0, 0.1) is 5.92 Å². The number of carbonyl (C=O) groups is 2. The van der Waals surface area contributed by atoms with Crippen molar-refractivity contribution >= 4 is 17.4 Å². The fourth-order valence-electron chi connectivity index (χ4n) is 4.48. The van der Waals surface area contributed by atoms with Crippen molar-refractivity contribution in [2.75, 3.05) is 46.7 Å². The molecule has 0 bridgehead atoms. The number of benzene rings is 2. The smallest absolute Gasteiger partial charge is 0.295 e. The first-order valence-electron chi connectivity index (χ1n) is 12.9. The Labute approximate surface area is 222 Å². The Kier molecular flexibility index (Phi) is 8.78. The van der Waals surface area contributed by atoms with E-state index in [0.29, 0.717) is 66.5 Å². The van der Waals surface area contributed by atoms with Gasteiger partial charge in [-0.3, -0.25) is 9.59 Å². The first-order chi connectivity index (χ1) is 18.3. The second-order valence-corrected chi connectivity index (χ2v) is 9.51. The Balaban J connectivity index is 1.78. The second-order valence-electron chi connectivity index (χ2n) is 9.51. The van der Waals surface area contributed by atoms with Crippen LogP contribution in [0.3, 0.4) is 0 Å². The van der Waals surface area contributed by atoms with Gasteiger partial charge in [-0.2, -0.15) is 0 Å². The molecule has 0 saturated carbocycles. The van der Waals surface area contributed by atoms with Crippen LogP contribution in [0.5, 0.6) is 23.0 Å². The molecule has 4 rings (SSSR count). The molecule has 1 saturated heterocycles. The largest absolute Gasteiger partial charge is 0.507 e. The zero-order valence-corrected chi connectivity index (χ0v) is 22.3. The molecule has 9 nitrogen and oxygen atoms in total. The molecule has 1 N–H and O–H groups in total. The lowest BCUT2D eigenvalue weighted by molar-refractivity contribution is -0.140. The maximum atomic E-state index is 13.3. The Morgan fingerprint density at radius 1 is 1.03 bits per heavy atom. The number of hydrogen-bond acceptors (Lipinski definition) is 8. The standard InChI is InChI=1S/C29H35NO8/c1-5-35-23-16-19(6-8-21(23)36-12-10-18(2)3)26-25(28(32)29(33)30(26)11-13-34-4)27(31)20-7-9-22-24(17-20)38-15-14-37-22/h6-9,16-18,26,31H,5,10-15H2,1-4H3/t26-/m1/s1. The highest BCUT2D eigenvalue weighted by atomic mass is 16.6. The number of aliphatic hydroxyl groups is 1. The molecule has 2 aromatic rings. The predicted octanol–water partition coefficient (Wildman–Crippen LogP) is 4.35. The molecule has 0 unspecified atom stereocenters. The second kappa shape index (κ2) is 12.2. The molecule has 1 fully saturated rings. The van der Waals surface area contributed by atoms with Crippen LogP contribution in [-0.4, -0.2) is 68.4 Å². The fraction of sp³-hybridized carbons (Fsp3) is 0.448. The summed E-state index contributed by atoms with van der Waals surface area (Å²) in [7, 11) is 1.53. The van der Waals surface area contributed by atoms with E-state index in [2.05, 4.69) is 13.8 Å². The van der Waals surface area contributed by atoms with Gasteiger partial charge in [-0.15, -0.1) is 0 Å². The average molecular weight is 526 g/mol. The van der Waals surface area contributed by atoms with Gasteiger partial charge in [-0.05, 0) is 55.2 Å². The number of aliphatic hydroxyl groups excluding tert-OH is 1. The van der Waals surface area contributed by atoms with E-state index < -0.39 is 17.7 Å². The van der Waals surface area contributed by atoms with Gasteiger partial charge in [-0.25, -0.2) is 0 Å². The lowest BCUT2D eigenvalue weighted by atomic mass is 9.94. The Morgan fingerprint density at radius 2 is 1.79 bits per heavy atom. The van der Waals surface area contributed by atoms with E-state index in [9.17, 15) is 14.7 Å². The highest BCUT2D eigenvalue weighted by Gasteiger charge is 2.46. The molecule has 2 aliphatic heterocycles. The molecular weight excluding hydrogens is 490 g/mol. The monoisotopic (exact) mass is 525 g/mol. The molecule has 2 heterocycles. The summed E-state index contributed by atoms with van der Waals surface area (Å²) >= 11 is 0. The highest BCUT2D eigenvalue weighted by Crippen LogP contribution is 2.43. The number of Topliss-reactive ketones (excluding diaryl/α,β-unsaturated/α-hetero) is 1. The van der Waals surface area contributed by atoms with Crippen molar-refractivity contribution in [1.82, 2.24) is 4.90 Å². The van der Waals surface area contributed by atoms with Crippen LogP contribution in [0.4, 0.5) is 0 Å². The van der Waals surface area contributed by atoms with Crippen LogP contribution >= 0.6 is 0 Å². The normalized spacial score (nSPS) is 18.2. The third-order valence-electron chi connectivity index (χ3n) is 6.43. The van der Waals surface area contributed by atoms with Crippen molar-refractivity contribution < 1.29 is 38.4 Å². The van der Waals surface area contributed by atoms with Gasteiger partial charge in [0.15, 0.2) is 23.0 Å². The molecule has 1 atom stereocenters. The number of hydrogen-bond donors (Lipinski definition) is 1. The van der Waals surface area contributed by atoms with Gasteiger partial charge < -0.3 is 33.7 Å². The number of amides is 1. The predicted molar refractivity (Wildman–Crippen MR) is 141 cm³/mol. The quantitative estimate of drug-likeness (QED) is 0.262. The van der Waals surface area contributed by atoms with Gasteiger partial charge in [0, 0.05) is 19.2 Å². The van der Waals surface area contributed by atoms with Gasteiger partial charge in [0.1, 0.15) is 19.0 Å². The van der Waals surface area contributed by atoms with E-state index in [4.69, 9.17) is 23.7 Å². The van der Waals surface area contributed by atoms with Gasteiger partial charge in [0.05, 0.1) is 31.4 Å². The third-order valence-corrected chi connectivity index (χ3v) is 6.43. The minimum absolute atomic E-state index is 0.0151. The number of methoxy groups -OCH3 is 1. The molecule has 2 aliphatic rings. The number of ketones is 1. The van der Waals surface area contributed by atoms with Crippen LogP contribution < -0.4 is 18.9 Å². The lowest BCUT2D eigenvalue weighted by Gasteiger charge is -2.26. The van der Waals surface area contributed by atoms with E-state index in [1.54, 1.807) is 36.4 Å². The number of rotatable bonds is 11. The fourth-order valence-corrected chi connectivity index (χ4v) is 4.48. The maximum Gasteiger partial charge on any atom is 0.295 e. The Bertz CT molecular complexity index is 1210. The van der Waals surface area contributed by atoms with Gasteiger partial charge in [0.25, 0.3) is 11.7 Å². The van der Waals surface area contributed by atoms with Gasteiger partial charge >= 0.3 is 0 Å². The lowest BCUT2D eigenvalue weighted by Crippen LogP contribution is -2.32. The molecule has 1 amide bonds. The molecule has 2 aromatic carbocycles. The van der Waals surface area contributed by atoms with Gasteiger partial charge in [0.2, 0.25) is 0 Å². The maximum absolute atomic E-state index is 13.3. The number of fused-ring (bicyclic) bond motifs is 1. The van der Waals surface area contributed by atoms with Crippen molar-refractivity contribution in [3.63, 3.8) is 0 Å². The highest BCUT2D eigenvalue weighted by molar-refractivity contribution is 6.46. The van der Waals surface area contributed by atoms with Crippen molar-refractivity contribution in [1.29, 1.82) is 0 Å². The first-order valence-corrected chi connectivity index (χ1v) is 12.9. The zero-order chi connectivity index (χ0) is 27.2. The summed E-state index contributed by atoms with van der Waals surface area (Å²) in [4.78, 5) is 27.8. The summed E-state index contributed by atoms with van der Waals surface area (Å²) in [5, 5.41) is 11.4. The van der Waals surface area contributed by atoms with Crippen LogP contribution in [-0.2, 0) is 14.3 Å². The number of nitrogens with zero attached hydrogens (tertiary/aromatic N) is 1. The van der Waals surface area contributed by atoms with Gasteiger partial charge in [-0.1, -0.05) is 19.9 Å². The van der Waals surface area contributed by atoms with Crippen molar-refractivity contribution in [2.45, 2.75) is 33.2 Å². The van der Waals surface area contributed by atoms with Crippen LogP contribution in [0.2, 0.25) is 0 Å². The minimum atomic E-state index is -0.845. The summed E-state index contributed by atoms with van der Waals surface area (Å²) in [6.45, 7) is 8.27. The molecule has 0 spiro atoms. The summed E-state index contributed by atoms with van der Waals surface area (Å²) < 4.78 is 28.2. The minimum Gasteiger partial charge on any atom is -0.507 e. The zero-order valence-electron chi connectivity index (χ0n) is 22.3. The van der Waals surface area contributed by atoms with E-state index in [1.807, 2.05) is 6.92 Å². The summed E-state index contributed by atoms with van der Waals surface area (Å²) in [5.41, 5.74) is 0.945. The van der Waals surface area contributed by atoms with E-state index in [-0.39, 0.29) is 24.5 Å². The number of carbonyl (C=O) groups excluding carboxylic acids is 2. The third kappa shape index (κ3) is 5.72. The van der Waals surface area contributed by atoms with E-state index in [0.717, 1.165) is 6.42 Å².